The van der Waals surface area contributed by atoms with Crippen molar-refractivity contribution in [2.24, 2.45) is 0 Å². The average Bonchev–Trinajstić information content (AvgIpc) is 1.98. The number of rotatable bonds is 3. The van der Waals surface area contributed by atoms with Crippen LogP contribution in [0.5, 0.6) is 0 Å². The molecule has 0 spiro atoms. The van der Waals surface area contributed by atoms with Crippen molar-refractivity contribution >= 4 is 32.2 Å². The van der Waals surface area contributed by atoms with E-state index in [2.05, 4.69) is 11.2 Å². The van der Waals surface area contributed by atoms with Crippen LogP contribution in [-0.2, 0) is 29.8 Å². The predicted octanol–water partition coefficient (Wildman–Crippen LogP) is -2.44. The second kappa shape index (κ2) is 6.60. The summed E-state index contributed by atoms with van der Waals surface area (Å²) in [7, 11) is -3.83. The third kappa shape index (κ3) is 13.2. The lowest BCUT2D eigenvalue weighted by Gasteiger charge is -2.07. The van der Waals surface area contributed by atoms with Crippen LogP contribution < -0.4 is 0 Å². The van der Waals surface area contributed by atoms with E-state index >= 15 is 0 Å². The van der Waals surface area contributed by atoms with Crippen LogP contribution in [0.1, 0.15) is 0 Å². The van der Waals surface area contributed by atoms with Crippen LogP contribution in [0.25, 0.3) is 0 Å². The van der Waals surface area contributed by atoms with Gasteiger partial charge in [-0.05, 0) is 0 Å². The van der Waals surface area contributed by atoms with E-state index in [1.807, 2.05) is 0 Å². The SMILES string of the molecule is O=C(O)C(O)C(O)C(=O)O.O=S(O)(O)=S. The summed E-state index contributed by atoms with van der Waals surface area (Å²) < 4.78 is 24.0. The molecule has 2 unspecified atom stereocenters. The Morgan fingerprint density at radius 2 is 1.13 bits per heavy atom. The second-order valence-corrected chi connectivity index (χ2v) is 4.21. The Morgan fingerprint density at radius 1 is 1.00 bits per heavy atom. The summed E-state index contributed by atoms with van der Waals surface area (Å²) in [6.45, 7) is 0. The molecule has 0 bridgehead atoms. The summed E-state index contributed by atoms with van der Waals surface area (Å²) in [4.78, 5) is 19.5. The highest BCUT2D eigenvalue weighted by molar-refractivity contribution is 8.26. The molecular formula is C4H8O9S2. The third-order valence-corrected chi connectivity index (χ3v) is 0.805. The van der Waals surface area contributed by atoms with Crippen molar-refractivity contribution in [1.29, 1.82) is 0 Å². The number of hydrogen-bond donors (Lipinski definition) is 6. The van der Waals surface area contributed by atoms with Crippen LogP contribution >= 0.6 is 0 Å². The van der Waals surface area contributed by atoms with Crippen LogP contribution in [0, 0.1) is 0 Å². The first-order valence-electron chi connectivity index (χ1n) is 2.98. The van der Waals surface area contributed by atoms with Gasteiger partial charge in [-0.15, -0.1) is 0 Å². The van der Waals surface area contributed by atoms with E-state index in [0.717, 1.165) is 0 Å². The summed E-state index contributed by atoms with van der Waals surface area (Å²) >= 11 is 3.47. The molecular weight excluding hydrogens is 256 g/mol. The van der Waals surface area contributed by atoms with Crippen LogP contribution in [0.15, 0.2) is 0 Å². The molecule has 0 aromatic heterocycles. The zero-order valence-corrected chi connectivity index (χ0v) is 8.51. The zero-order chi connectivity index (χ0) is 12.8. The minimum atomic E-state index is -3.83. The van der Waals surface area contributed by atoms with Gasteiger partial charge in [0.1, 0.15) is 0 Å². The maximum absolute atomic E-state index is 9.77. The molecule has 0 saturated heterocycles. The molecule has 0 aliphatic rings. The number of aliphatic carboxylic acids is 2. The highest BCUT2D eigenvalue weighted by Gasteiger charge is 2.29. The summed E-state index contributed by atoms with van der Waals surface area (Å²) in [5.41, 5.74) is 0. The van der Waals surface area contributed by atoms with Gasteiger partial charge < -0.3 is 20.4 Å². The molecule has 2 atom stereocenters. The Hall–Kier alpha value is -0.850. The third-order valence-electron chi connectivity index (χ3n) is 0.805. The van der Waals surface area contributed by atoms with Gasteiger partial charge in [0.25, 0.3) is 9.05 Å². The summed E-state index contributed by atoms with van der Waals surface area (Å²) in [6.07, 6.45) is -4.53. The molecule has 0 aliphatic heterocycles. The van der Waals surface area contributed by atoms with Crippen molar-refractivity contribution in [3.05, 3.63) is 0 Å². The Labute approximate surface area is 88.3 Å². The number of aliphatic hydroxyl groups is 2. The van der Waals surface area contributed by atoms with Gasteiger partial charge in [-0.2, -0.15) is 4.21 Å². The minimum absolute atomic E-state index is 1.77. The van der Waals surface area contributed by atoms with Crippen molar-refractivity contribution in [1.82, 2.24) is 0 Å². The van der Waals surface area contributed by atoms with Gasteiger partial charge in [-0.3, -0.25) is 9.11 Å². The molecule has 15 heavy (non-hydrogen) atoms. The average molecular weight is 264 g/mol. The monoisotopic (exact) mass is 264 g/mol. The van der Waals surface area contributed by atoms with Gasteiger partial charge in [0.15, 0.2) is 12.2 Å². The summed E-state index contributed by atoms with van der Waals surface area (Å²) in [6, 6.07) is 0. The number of carboxylic acids is 2. The Kier molecular flexibility index (Phi) is 7.29. The zero-order valence-electron chi connectivity index (χ0n) is 6.88. The minimum Gasteiger partial charge on any atom is -0.479 e. The van der Waals surface area contributed by atoms with E-state index in [1.165, 1.54) is 0 Å². The summed E-state index contributed by atoms with van der Waals surface area (Å²) in [5.74, 6) is -3.54. The molecule has 0 rings (SSSR count). The smallest absolute Gasteiger partial charge is 0.335 e. The van der Waals surface area contributed by atoms with E-state index in [4.69, 9.17) is 33.7 Å². The lowest BCUT2D eigenvalue weighted by molar-refractivity contribution is -0.165. The number of carboxylic acid groups (broad SMARTS) is 2. The fourth-order valence-electron chi connectivity index (χ4n) is 0.270. The normalized spacial score (nSPS) is 14.4. The van der Waals surface area contributed by atoms with E-state index < -0.39 is 33.2 Å². The number of aliphatic hydroxyl groups excluding tert-OH is 2. The van der Waals surface area contributed by atoms with Gasteiger partial charge in [-0.1, -0.05) is 0 Å². The summed E-state index contributed by atoms with van der Waals surface area (Å²) in [5, 5.41) is 32.5. The largest absolute Gasteiger partial charge is 0.479 e. The number of carbonyl (C=O) groups is 2. The lowest BCUT2D eigenvalue weighted by Crippen LogP contribution is -2.39. The fourth-order valence-corrected chi connectivity index (χ4v) is 0.270. The van der Waals surface area contributed by atoms with Crippen LogP contribution in [0.2, 0.25) is 0 Å². The molecule has 0 radical (unpaired) electrons. The molecule has 0 fully saturated rings. The molecule has 0 aromatic rings. The highest BCUT2D eigenvalue weighted by atomic mass is 32.9. The van der Waals surface area contributed by atoms with Gasteiger partial charge in [0.2, 0.25) is 0 Å². The standard InChI is InChI=1S/C4H6O6.H2O3S2/c5-1(3(7)8)2(6)4(9)10;1-5(2,3)4/h1-2,5-6H,(H,7,8)(H,9,10);(H2,1,2,3,4). The Bertz CT molecular complexity index is 293. The first-order chi connectivity index (χ1) is 6.46. The van der Waals surface area contributed by atoms with Crippen molar-refractivity contribution in [2.75, 3.05) is 0 Å². The number of hydrogen-bond acceptors (Lipinski definition) is 6. The Morgan fingerprint density at radius 3 is 1.20 bits per heavy atom. The van der Waals surface area contributed by atoms with Crippen molar-refractivity contribution in [2.45, 2.75) is 12.2 Å². The topological polar surface area (TPSA) is 173 Å². The van der Waals surface area contributed by atoms with Crippen molar-refractivity contribution in [3.8, 4) is 0 Å². The first kappa shape index (κ1) is 16.6. The van der Waals surface area contributed by atoms with Crippen LogP contribution in [0.3, 0.4) is 0 Å². The van der Waals surface area contributed by atoms with Crippen molar-refractivity contribution in [3.63, 3.8) is 0 Å². The van der Waals surface area contributed by atoms with Crippen LogP contribution in [-0.4, -0.2) is 57.9 Å². The molecule has 9 nitrogen and oxygen atoms in total. The van der Waals surface area contributed by atoms with E-state index in [1.54, 1.807) is 0 Å². The highest BCUT2D eigenvalue weighted by Crippen LogP contribution is 1.92. The van der Waals surface area contributed by atoms with Gasteiger partial charge in [0.05, 0.1) is 0 Å². The molecule has 6 N–H and O–H groups in total. The molecule has 0 heterocycles. The second-order valence-electron chi connectivity index (χ2n) is 2.01. The lowest BCUT2D eigenvalue weighted by atomic mass is 10.2. The molecule has 90 valence electrons. The van der Waals surface area contributed by atoms with Gasteiger partial charge in [-0.25, -0.2) is 9.59 Å². The van der Waals surface area contributed by atoms with Crippen LogP contribution in [0.4, 0.5) is 0 Å². The van der Waals surface area contributed by atoms with Crippen molar-refractivity contribution < 1.29 is 43.3 Å². The van der Waals surface area contributed by atoms with E-state index in [9.17, 15) is 9.59 Å². The Balaban J connectivity index is 0. The molecule has 0 saturated carbocycles. The maximum atomic E-state index is 9.77. The van der Waals surface area contributed by atoms with E-state index in [0.29, 0.717) is 0 Å². The molecule has 11 heteroatoms. The molecule has 0 amide bonds. The van der Waals surface area contributed by atoms with Gasteiger partial charge >= 0.3 is 11.9 Å². The van der Waals surface area contributed by atoms with E-state index in [-0.39, 0.29) is 0 Å². The molecule has 0 aromatic carbocycles. The first-order valence-corrected chi connectivity index (χ1v) is 5.38. The predicted molar refractivity (Wildman–Crippen MR) is 48.1 cm³/mol. The van der Waals surface area contributed by atoms with Gasteiger partial charge in [0, 0.05) is 11.2 Å². The quantitative estimate of drug-likeness (QED) is 0.321. The fraction of sp³-hybridized carbons (Fsp3) is 0.500. The maximum Gasteiger partial charge on any atom is 0.335 e. The molecule has 0 aliphatic carbocycles.